The van der Waals surface area contributed by atoms with Crippen LogP contribution in [0, 0.1) is 0 Å². The molecule has 5 nitrogen and oxygen atoms in total. The van der Waals surface area contributed by atoms with Gasteiger partial charge in [0.05, 0.1) is 5.25 Å². The van der Waals surface area contributed by atoms with Crippen molar-refractivity contribution < 1.29 is 14.7 Å². The minimum absolute atomic E-state index is 0.0902. The maximum absolute atomic E-state index is 11.4. The smallest absolute Gasteiger partial charge is 0.321 e. The van der Waals surface area contributed by atoms with Crippen LogP contribution in [-0.4, -0.2) is 40.1 Å². The number of nitrogens with one attached hydrogen (secondary N) is 1. The zero-order chi connectivity index (χ0) is 12.0. The molecule has 0 aliphatic carbocycles. The second kappa shape index (κ2) is 6.68. The van der Waals surface area contributed by atoms with Crippen LogP contribution in [0.1, 0.15) is 20.8 Å². The zero-order valence-corrected chi connectivity index (χ0v) is 10.0. The zero-order valence-electron chi connectivity index (χ0n) is 9.19. The second-order valence-electron chi connectivity index (χ2n) is 3.58. The highest BCUT2D eigenvalue weighted by molar-refractivity contribution is 8.00. The number of carbonyl (C=O) groups is 2. The Balaban J connectivity index is 3.87. The molecule has 0 saturated carbocycles. The van der Waals surface area contributed by atoms with Gasteiger partial charge in [-0.05, 0) is 20.8 Å². The van der Waals surface area contributed by atoms with Gasteiger partial charge in [0, 0.05) is 11.8 Å². The SMILES string of the molecule is CC(C)NC(=O)C(C)SC[C@H](N)C(=O)O. The number of carbonyl (C=O) groups excluding carboxylic acids is 1. The molecule has 0 aromatic rings. The van der Waals surface area contributed by atoms with Gasteiger partial charge in [0.15, 0.2) is 0 Å². The number of aliphatic carboxylic acids is 1. The van der Waals surface area contributed by atoms with Crippen molar-refractivity contribution in [2.24, 2.45) is 5.73 Å². The molecular weight excluding hydrogens is 216 g/mol. The van der Waals surface area contributed by atoms with E-state index in [0.717, 1.165) is 0 Å². The summed E-state index contributed by atoms with van der Waals surface area (Å²) >= 11 is 1.25. The van der Waals surface area contributed by atoms with Crippen LogP contribution < -0.4 is 11.1 Å². The largest absolute Gasteiger partial charge is 0.480 e. The molecule has 4 N–H and O–H groups in total. The molecule has 6 heteroatoms. The molecule has 0 aromatic heterocycles. The maximum Gasteiger partial charge on any atom is 0.321 e. The van der Waals surface area contributed by atoms with Crippen LogP contribution in [0.15, 0.2) is 0 Å². The van der Waals surface area contributed by atoms with Gasteiger partial charge in [0.2, 0.25) is 5.91 Å². The van der Waals surface area contributed by atoms with Crippen molar-refractivity contribution in [3.63, 3.8) is 0 Å². The van der Waals surface area contributed by atoms with Crippen LogP contribution in [0.4, 0.5) is 0 Å². The molecule has 0 aromatic carbocycles. The average molecular weight is 234 g/mol. The van der Waals surface area contributed by atoms with Crippen molar-refractivity contribution in [2.75, 3.05) is 5.75 Å². The lowest BCUT2D eigenvalue weighted by molar-refractivity contribution is -0.138. The van der Waals surface area contributed by atoms with Crippen molar-refractivity contribution in [2.45, 2.75) is 38.1 Å². The Morgan fingerprint density at radius 3 is 2.33 bits per heavy atom. The van der Waals surface area contributed by atoms with Crippen LogP contribution in [0.3, 0.4) is 0 Å². The van der Waals surface area contributed by atoms with Crippen LogP contribution in [0.2, 0.25) is 0 Å². The number of hydrogen-bond donors (Lipinski definition) is 3. The van der Waals surface area contributed by atoms with Gasteiger partial charge in [-0.25, -0.2) is 0 Å². The molecule has 0 spiro atoms. The monoisotopic (exact) mass is 234 g/mol. The Morgan fingerprint density at radius 1 is 1.40 bits per heavy atom. The van der Waals surface area contributed by atoms with E-state index in [-0.39, 0.29) is 23.0 Å². The first-order valence-corrected chi connectivity index (χ1v) is 5.79. The van der Waals surface area contributed by atoms with E-state index in [9.17, 15) is 9.59 Å². The van der Waals surface area contributed by atoms with Gasteiger partial charge in [0.1, 0.15) is 6.04 Å². The fourth-order valence-corrected chi connectivity index (χ4v) is 1.65. The molecule has 0 heterocycles. The normalized spacial score (nSPS) is 14.7. The topological polar surface area (TPSA) is 92.4 Å². The minimum atomic E-state index is -1.04. The summed E-state index contributed by atoms with van der Waals surface area (Å²) in [6, 6.07) is -0.821. The standard InChI is InChI=1S/C9H18N2O3S/c1-5(2)11-8(12)6(3)15-4-7(10)9(13)14/h5-7H,4,10H2,1-3H3,(H,11,12)(H,13,14)/t6?,7-/m0/s1. The fraction of sp³-hybridized carbons (Fsp3) is 0.778. The lowest BCUT2D eigenvalue weighted by Gasteiger charge is -2.15. The first-order chi connectivity index (χ1) is 6.84. The lowest BCUT2D eigenvalue weighted by Crippen LogP contribution is -2.38. The Kier molecular flexibility index (Phi) is 6.35. The summed E-state index contributed by atoms with van der Waals surface area (Å²) in [6.07, 6.45) is 0. The molecule has 0 radical (unpaired) electrons. The van der Waals surface area contributed by atoms with Crippen molar-refractivity contribution in [1.82, 2.24) is 5.32 Å². The van der Waals surface area contributed by atoms with Crippen LogP contribution in [0.25, 0.3) is 0 Å². The predicted molar refractivity (Wildman–Crippen MR) is 60.8 cm³/mol. The van der Waals surface area contributed by atoms with Crippen LogP contribution >= 0.6 is 11.8 Å². The van der Waals surface area contributed by atoms with E-state index in [0.29, 0.717) is 0 Å². The molecule has 1 unspecified atom stereocenters. The summed E-state index contributed by atoms with van der Waals surface area (Å²) in [4.78, 5) is 21.8. The quantitative estimate of drug-likeness (QED) is 0.603. The summed E-state index contributed by atoms with van der Waals surface area (Å²) in [7, 11) is 0. The minimum Gasteiger partial charge on any atom is -0.480 e. The van der Waals surface area contributed by atoms with Crippen LogP contribution in [0.5, 0.6) is 0 Å². The highest BCUT2D eigenvalue weighted by Crippen LogP contribution is 2.11. The molecule has 0 rings (SSSR count). The third kappa shape index (κ3) is 6.35. The highest BCUT2D eigenvalue weighted by atomic mass is 32.2. The van der Waals surface area contributed by atoms with E-state index >= 15 is 0 Å². The van der Waals surface area contributed by atoms with Gasteiger partial charge in [0.25, 0.3) is 0 Å². The average Bonchev–Trinajstić information content (AvgIpc) is 2.12. The van der Waals surface area contributed by atoms with E-state index in [1.807, 2.05) is 13.8 Å². The number of amides is 1. The highest BCUT2D eigenvalue weighted by Gasteiger charge is 2.18. The Hall–Kier alpha value is -0.750. The maximum atomic E-state index is 11.4. The van der Waals surface area contributed by atoms with E-state index in [1.54, 1.807) is 6.92 Å². The Morgan fingerprint density at radius 2 is 1.93 bits per heavy atom. The van der Waals surface area contributed by atoms with Gasteiger partial charge in [-0.3, -0.25) is 9.59 Å². The molecule has 0 fully saturated rings. The van der Waals surface area contributed by atoms with E-state index in [2.05, 4.69) is 5.32 Å². The molecular formula is C9H18N2O3S. The Labute approximate surface area is 93.8 Å². The van der Waals surface area contributed by atoms with Gasteiger partial charge in [-0.15, -0.1) is 11.8 Å². The van der Waals surface area contributed by atoms with Crippen molar-refractivity contribution in [3.8, 4) is 0 Å². The van der Waals surface area contributed by atoms with Gasteiger partial charge < -0.3 is 16.2 Å². The van der Waals surface area contributed by atoms with E-state index in [1.165, 1.54) is 11.8 Å². The second-order valence-corrected chi connectivity index (χ2v) is 4.96. The van der Waals surface area contributed by atoms with E-state index < -0.39 is 12.0 Å². The third-order valence-electron chi connectivity index (χ3n) is 1.64. The van der Waals surface area contributed by atoms with Gasteiger partial charge in [-0.1, -0.05) is 0 Å². The molecule has 15 heavy (non-hydrogen) atoms. The van der Waals surface area contributed by atoms with Gasteiger partial charge >= 0.3 is 5.97 Å². The number of hydrogen-bond acceptors (Lipinski definition) is 4. The van der Waals surface area contributed by atoms with Gasteiger partial charge in [-0.2, -0.15) is 0 Å². The summed E-state index contributed by atoms with van der Waals surface area (Å²) in [6.45, 7) is 5.48. The first-order valence-electron chi connectivity index (χ1n) is 4.75. The first kappa shape index (κ1) is 14.2. The van der Waals surface area contributed by atoms with Crippen molar-refractivity contribution >= 4 is 23.6 Å². The van der Waals surface area contributed by atoms with Crippen LogP contribution in [-0.2, 0) is 9.59 Å². The summed E-state index contributed by atoms with van der Waals surface area (Å²) in [5.74, 6) is -0.895. The summed E-state index contributed by atoms with van der Waals surface area (Å²) in [5, 5.41) is 11.0. The molecule has 0 aliphatic heterocycles. The third-order valence-corrected chi connectivity index (χ3v) is 2.91. The molecule has 2 atom stereocenters. The summed E-state index contributed by atoms with van der Waals surface area (Å²) in [5.41, 5.74) is 5.31. The molecule has 1 amide bonds. The number of carboxylic acid groups (broad SMARTS) is 1. The predicted octanol–water partition coefficient (Wildman–Crippen LogP) is 0.0446. The summed E-state index contributed by atoms with van der Waals surface area (Å²) < 4.78 is 0. The lowest BCUT2D eigenvalue weighted by atomic mass is 10.3. The number of carboxylic acids is 1. The molecule has 0 aliphatic rings. The fourth-order valence-electron chi connectivity index (χ4n) is 0.797. The van der Waals surface area contributed by atoms with Crippen molar-refractivity contribution in [3.05, 3.63) is 0 Å². The molecule has 0 saturated heterocycles. The Bertz CT molecular complexity index is 233. The number of rotatable bonds is 6. The van der Waals surface area contributed by atoms with Crippen molar-refractivity contribution in [1.29, 1.82) is 0 Å². The van der Waals surface area contributed by atoms with E-state index in [4.69, 9.17) is 10.8 Å². The number of nitrogens with two attached hydrogens (primary N) is 1. The number of thioether (sulfide) groups is 1. The molecule has 88 valence electrons. The molecule has 0 bridgehead atoms.